The monoisotopic (exact) mass is 874 g/mol. The third kappa shape index (κ3) is 5.08. The van der Waals surface area contributed by atoms with Crippen LogP contribution in [0.3, 0.4) is 0 Å². The second kappa shape index (κ2) is 13.3. The minimum Gasteiger partial charge on any atom is -0.397 e. The van der Waals surface area contributed by atoms with Crippen molar-refractivity contribution in [1.82, 2.24) is 0 Å². The molecule has 15 aromatic rings. The van der Waals surface area contributed by atoms with Gasteiger partial charge in [-0.1, -0.05) is 152 Å². The topological polar surface area (TPSA) is 46.3 Å². The maximum atomic E-state index is 15.4. The summed E-state index contributed by atoms with van der Waals surface area (Å²) in [6, 6.07) is 75.3. The summed E-state index contributed by atoms with van der Waals surface area (Å²) in [6.07, 6.45) is 0. The number of amides is 1. The fourth-order valence-electron chi connectivity index (χ4n) is 12.6. The van der Waals surface area contributed by atoms with E-state index in [4.69, 9.17) is 5.73 Å². The molecule has 0 unspecified atom stereocenters. The van der Waals surface area contributed by atoms with Crippen LogP contribution in [0.25, 0.3) is 141 Å². The Kier molecular flexibility index (Phi) is 7.15. The standard InChI is InChI=1S/C66H38N2O/c67-65-56(52-31-46-23-17-40-9-3-10-41-18-24-47(32-52)63(46)60(40)41)33-50(49-27-42-19-13-36-5-1-6-37-14-20-43(28-49)61(42)58(36)37)34-57(65)68-35-48-25-26-53(54-11-4-12-55(64(48)54)66(68)69)51-29-44-21-15-38-7-2-8-39-16-22-45(30-51)62(44)59(38)39/h1-34H,35,67H2. The smallest absolute Gasteiger partial charge is 0.259 e. The molecule has 0 spiro atoms. The van der Waals surface area contributed by atoms with Crippen LogP contribution in [0.1, 0.15) is 15.9 Å². The maximum Gasteiger partial charge on any atom is 0.259 e. The molecule has 2 N–H and O–H groups in total. The number of nitrogen functional groups attached to an aromatic ring is 1. The van der Waals surface area contributed by atoms with E-state index in [0.717, 1.165) is 60.5 Å². The van der Waals surface area contributed by atoms with Crippen LogP contribution in [0, 0.1) is 0 Å². The van der Waals surface area contributed by atoms with Crippen LogP contribution in [0.15, 0.2) is 206 Å². The van der Waals surface area contributed by atoms with E-state index in [9.17, 15) is 0 Å². The van der Waals surface area contributed by atoms with Gasteiger partial charge in [0.25, 0.3) is 5.91 Å². The van der Waals surface area contributed by atoms with Gasteiger partial charge in [-0.25, -0.2) is 0 Å². The van der Waals surface area contributed by atoms with E-state index in [2.05, 4.69) is 194 Å². The van der Waals surface area contributed by atoms with E-state index < -0.39 is 0 Å². The van der Waals surface area contributed by atoms with Gasteiger partial charge in [0.15, 0.2) is 0 Å². The number of hydrogen-bond acceptors (Lipinski definition) is 2. The molecule has 15 aromatic carbocycles. The molecule has 0 saturated carbocycles. The first-order valence-electron chi connectivity index (χ1n) is 23.8. The van der Waals surface area contributed by atoms with Crippen molar-refractivity contribution in [3.63, 3.8) is 0 Å². The zero-order chi connectivity index (χ0) is 45.2. The zero-order valence-electron chi connectivity index (χ0n) is 37.3. The lowest BCUT2D eigenvalue weighted by Gasteiger charge is -2.31. The van der Waals surface area contributed by atoms with Crippen LogP contribution in [0.4, 0.5) is 11.4 Å². The molecule has 0 aromatic heterocycles. The van der Waals surface area contributed by atoms with Gasteiger partial charge in [0.2, 0.25) is 0 Å². The number of benzene rings is 15. The molecule has 0 aliphatic carbocycles. The van der Waals surface area contributed by atoms with Gasteiger partial charge < -0.3 is 10.6 Å². The van der Waals surface area contributed by atoms with Crippen LogP contribution in [-0.4, -0.2) is 5.91 Å². The molecular formula is C66H38N2O. The summed E-state index contributed by atoms with van der Waals surface area (Å²) < 4.78 is 0. The Balaban J connectivity index is 0.883. The number of nitrogens with two attached hydrogens (primary N) is 1. The number of nitrogens with zero attached hydrogens (tertiary/aromatic N) is 1. The SMILES string of the molecule is Nc1c(-c2cc3ccc4cccc5ccc(c2)c3c45)cc(-c2cc3ccc4cccc5ccc(c2)c3c45)cc1N1Cc2ccc(-c3cc4ccc5cccc6ccc(c3)c4c56)c3cccc(c23)C1=O. The summed E-state index contributed by atoms with van der Waals surface area (Å²) in [5.41, 5.74) is 16.8. The van der Waals surface area contributed by atoms with E-state index in [1.165, 1.54) is 86.2 Å². The van der Waals surface area contributed by atoms with Crippen LogP contribution in [0.2, 0.25) is 0 Å². The molecule has 0 fully saturated rings. The second-order valence-electron chi connectivity index (χ2n) is 19.4. The number of anilines is 2. The fourth-order valence-corrected chi connectivity index (χ4v) is 12.6. The molecule has 1 heterocycles. The van der Waals surface area contributed by atoms with Gasteiger partial charge in [-0.15, -0.1) is 0 Å². The summed E-state index contributed by atoms with van der Waals surface area (Å²) in [6.45, 7) is 0.390. The van der Waals surface area contributed by atoms with Crippen LogP contribution in [-0.2, 0) is 6.54 Å². The van der Waals surface area contributed by atoms with Crippen molar-refractivity contribution in [1.29, 1.82) is 0 Å². The van der Waals surface area contributed by atoms with Crippen molar-refractivity contribution >= 4 is 125 Å². The minimum absolute atomic E-state index is 0.0540. The van der Waals surface area contributed by atoms with E-state index >= 15 is 4.79 Å². The zero-order valence-corrected chi connectivity index (χ0v) is 37.3. The first kappa shape index (κ1) is 37.1. The molecule has 1 aliphatic rings. The molecule has 318 valence electrons. The number of carbonyl (C=O) groups excluding carboxylic acids is 1. The molecule has 0 atom stereocenters. The van der Waals surface area contributed by atoms with Crippen LogP contribution in [0.5, 0.6) is 0 Å². The molecular weight excluding hydrogens is 837 g/mol. The Morgan fingerprint density at radius 3 is 1.16 bits per heavy atom. The summed E-state index contributed by atoms with van der Waals surface area (Å²) in [7, 11) is 0. The summed E-state index contributed by atoms with van der Waals surface area (Å²) in [5.74, 6) is -0.0540. The van der Waals surface area contributed by atoms with E-state index in [1.54, 1.807) is 0 Å². The molecule has 1 aliphatic heterocycles. The molecule has 3 heteroatoms. The predicted molar refractivity (Wildman–Crippen MR) is 293 cm³/mol. The minimum atomic E-state index is -0.0540. The number of carbonyl (C=O) groups is 1. The number of rotatable bonds is 4. The maximum absolute atomic E-state index is 15.4. The number of hydrogen-bond donors (Lipinski definition) is 1. The van der Waals surface area contributed by atoms with Crippen LogP contribution < -0.4 is 10.6 Å². The molecule has 0 bridgehead atoms. The van der Waals surface area contributed by atoms with Gasteiger partial charge in [0.05, 0.1) is 17.9 Å². The van der Waals surface area contributed by atoms with Gasteiger partial charge >= 0.3 is 0 Å². The Morgan fingerprint density at radius 1 is 0.319 bits per heavy atom. The summed E-state index contributed by atoms with van der Waals surface area (Å²) in [4.78, 5) is 17.3. The molecule has 16 rings (SSSR count). The lowest BCUT2D eigenvalue weighted by atomic mass is 9.86. The fraction of sp³-hybridized carbons (Fsp3) is 0.0152. The molecule has 3 nitrogen and oxygen atoms in total. The highest BCUT2D eigenvalue weighted by Gasteiger charge is 2.31. The van der Waals surface area contributed by atoms with Crippen molar-refractivity contribution in [2.75, 3.05) is 10.6 Å². The van der Waals surface area contributed by atoms with Crippen molar-refractivity contribution in [3.8, 4) is 33.4 Å². The second-order valence-corrected chi connectivity index (χ2v) is 19.4. The largest absolute Gasteiger partial charge is 0.397 e. The van der Waals surface area contributed by atoms with Gasteiger partial charge in [0, 0.05) is 16.5 Å². The third-order valence-corrected chi connectivity index (χ3v) is 15.7. The Labute approximate surface area is 395 Å². The lowest BCUT2D eigenvalue weighted by molar-refractivity contribution is 0.0984. The highest BCUT2D eigenvalue weighted by Crippen LogP contribution is 2.47. The molecule has 0 radical (unpaired) electrons. The summed E-state index contributed by atoms with van der Waals surface area (Å²) >= 11 is 0. The van der Waals surface area contributed by atoms with Gasteiger partial charge in [-0.3, -0.25) is 4.79 Å². The van der Waals surface area contributed by atoms with Crippen molar-refractivity contribution < 1.29 is 4.79 Å². The predicted octanol–water partition coefficient (Wildman–Crippen LogP) is 17.3. The van der Waals surface area contributed by atoms with Crippen molar-refractivity contribution in [3.05, 3.63) is 217 Å². The lowest BCUT2D eigenvalue weighted by Crippen LogP contribution is -2.34. The first-order valence-corrected chi connectivity index (χ1v) is 23.8. The average Bonchev–Trinajstić information content (AvgIpc) is 3.39. The van der Waals surface area contributed by atoms with E-state index in [0.29, 0.717) is 23.5 Å². The Morgan fingerprint density at radius 2 is 0.696 bits per heavy atom. The van der Waals surface area contributed by atoms with Crippen molar-refractivity contribution in [2.24, 2.45) is 0 Å². The third-order valence-electron chi connectivity index (χ3n) is 15.7. The van der Waals surface area contributed by atoms with Gasteiger partial charge in [0.1, 0.15) is 0 Å². The molecule has 69 heavy (non-hydrogen) atoms. The summed E-state index contributed by atoms with van der Waals surface area (Å²) in [5, 5.41) is 24.4. The van der Waals surface area contributed by atoms with Crippen LogP contribution >= 0.6 is 0 Å². The quantitative estimate of drug-likeness (QED) is 0.141. The normalized spacial score (nSPS) is 13.2. The highest BCUT2D eigenvalue weighted by molar-refractivity contribution is 6.27. The Bertz CT molecular complexity index is 4540. The van der Waals surface area contributed by atoms with E-state index in [1.807, 2.05) is 17.0 Å². The average molecular weight is 875 g/mol. The first-order chi connectivity index (χ1) is 34.0. The molecule has 1 amide bonds. The van der Waals surface area contributed by atoms with Gasteiger partial charge in [-0.05, 0) is 190 Å². The molecule has 0 saturated heterocycles. The van der Waals surface area contributed by atoms with E-state index in [-0.39, 0.29) is 5.91 Å². The highest BCUT2D eigenvalue weighted by atomic mass is 16.2. The Hall–Kier alpha value is -9.05. The van der Waals surface area contributed by atoms with Gasteiger partial charge in [-0.2, -0.15) is 0 Å². The van der Waals surface area contributed by atoms with Crippen molar-refractivity contribution in [2.45, 2.75) is 6.54 Å².